The number of hydrogen-bond donors (Lipinski definition) is 1. The van der Waals surface area contributed by atoms with Gasteiger partial charge in [-0.25, -0.2) is 0 Å². The molecule has 2 bridgehead atoms. The maximum absolute atomic E-state index is 13.1. The number of rotatable bonds is 4. The highest BCUT2D eigenvalue weighted by Crippen LogP contribution is 2.29. The Kier molecular flexibility index (Phi) is 4.91. The number of hydrogen-bond acceptors (Lipinski definition) is 3. The average molecular weight is 367 g/mol. The van der Waals surface area contributed by atoms with Gasteiger partial charge in [0, 0.05) is 45.5 Å². The highest BCUT2D eigenvalue weighted by molar-refractivity contribution is 5.93. The normalized spacial score (nSPS) is 22.7. The van der Waals surface area contributed by atoms with Gasteiger partial charge in [0.2, 0.25) is 0 Å². The van der Waals surface area contributed by atoms with Crippen LogP contribution in [0, 0.1) is 5.92 Å². The average Bonchev–Trinajstić information content (AvgIpc) is 3.19. The summed E-state index contributed by atoms with van der Waals surface area (Å²) in [5, 5.41) is 7.33. The fourth-order valence-electron chi connectivity index (χ4n) is 4.33. The third-order valence-electron chi connectivity index (χ3n) is 5.86. The van der Waals surface area contributed by atoms with Crippen LogP contribution in [-0.4, -0.2) is 62.7 Å². The van der Waals surface area contributed by atoms with Crippen molar-refractivity contribution in [1.82, 2.24) is 24.6 Å². The van der Waals surface area contributed by atoms with E-state index in [1.165, 1.54) is 18.4 Å². The lowest BCUT2D eigenvalue weighted by atomic mass is 9.95. The monoisotopic (exact) mass is 367 g/mol. The number of carbonyl (C=O) groups is 1. The van der Waals surface area contributed by atoms with Crippen LogP contribution in [0.3, 0.4) is 0 Å². The summed E-state index contributed by atoms with van der Waals surface area (Å²) < 4.78 is 2.01. The Hall–Kier alpha value is -2.34. The number of carbonyl (C=O) groups excluding carboxylic acids is 1. The number of aryl methyl sites for hydroxylation is 1. The van der Waals surface area contributed by atoms with Crippen molar-refractivity contribution in [3.8, 4) is 11.4 Å². The van der Waals surface area contributed by atoms with E-state index in [2.05, 4.69) is 35.0 Å². The summed E-state index contributed by atoms with van der Waals surface area (Å²) in [5.74, 6) is 0.637. The van der Waals surface area contributed by atoms with E-state index < -0.39 is 0 Å². The minimum Gasteiger partial charge on any atom is -0.349 e. The predicted molar refractivity (Wildman–Crippen MR) is 106 cm³/mol. The van der Waals surface area contributed by atoms with Gasteiger partial charge in [-0.15, -0.1) is 0 Å². The third-order valence-corrected chi connectivity index (χ3v) is 5.86. The molecule has 0 saturated carbocycles. The number of piperidine rings is 1. The number of amides is 1. The molecule has 3 aliphatic heterocycles. The zero-order valence-electron chi connectivity index (χ0n) is 16.5. The van der Waals surface area contributed by atoms with Gasteiger partial charge in [0.1, 0.15) is 11.4 Å². The van der Waals surface area contributed by atoms with E-state index in [1.54, 1.807) is 0 Å². The van der Waals surface area contributed by atoms with Crippen molar-refractivity contribution in [2.24, 2.45) is 13.0 Å². The Morgan fingerprint density at radius 2 is 2.15 bits per heavy atom. The van der Waals surface area contributed by atoms with E-state index in [1.807, 2.05) is 40.9 Å². The van der Waals surface area contributed by atoms with Crippen LogP contribution in [0.25, 0.3) is 11.4 Å². The fourth-order valence-corrected chi connectivity index (χ4v) is 4.33. The van der Waals surface area contributed by atoms with Crippen molar-refractivity contribution >= 4 is 5.91 Å². The molecule has 5 heterocycles. The van der Waals surface area contributed by atoms with Gasteiger partial charge in [-0.05, 0) is 50.8 Å². The van der Waals surface area contributed by atoms with Crippen LogP contribution in [0.15, 0.2) is 36.0 Å². The molecule has 3 aliphatic rings. The molecule has 0 aliphatic carbocycles. The summed E-state index contributed by atoms with van der Waals surface area (Å²) in [6, 6.07) is 6.33. The molecule has 144 valence electrons. The standard InChI is InChI=1S/C21H29N5O/c1-15(2)8-10-25-12-16-6-7-17(25)14-26(13-16)21(27)19-11-18(22-23-19)20-5-4-9-24(20)3/h4-5,8-9,11,16-17H,6-7,10,12-14H2,1-3H3,(H,22,23)/t16-,17-/m1/s1. The molecule has 6 heteroatoms. The molecular weight excluding hydrogens is 338 g/mol. The van der Waals surface area contributed by atoms with E-state index in [0.29, 0.717) is 17.7 Å². The lowest BCUT2D eigenvalue weighted by Gasteiger charge is -2.35. The predicted octanol–water partition coefficient (Wildman–Crippen LogP) is 2.92. The summed E-state index contributed by atoms with van der Waals surface area (Å²) in [6.45, 7) is 8.04. The van der Waals surface area contributed by atoms with Crippen LogP contribution in [-0.2, 0) is 7.05 Å². The second-order valence-electron chi connectivity index (χ2n) is 8.21. The highest BCUT2D eigenvalue weighted by atomic mass is 16.2. The summed E-state index contributed by atoms with van der Waals surface area (Å²) in [4.78, 5) is 17.7. The third kappa shape index (κ3) is 3.72. The quantitative estimate of drug-likeness (QED) is 0.846. The van der Waals surface area contributed by atoms with Crippen LogP contribution < -0.4 is 0 Å². The van der Waals surface area contributed by atoms with Gasteiger partial charge in [-0.2, -0.15) is 5.10 Å². The first kappa shape index (κ1) is 18.0. The lowest BCUT2D eigenvalue weighted by molar-refractivity contribution is 0.0734. The SMILES string of the molecule is CC(C)=CCN1C[C@H]2CC[C@@H]1CN(C(=O)c1cc(-c3cccn3C)n[nH]1)C2. The molecule has 0 radical (unpaired) electrons. The maximum atomic E-state index is 13.1. The van der Waals surface area contributed by atoms with Crippen LogP contribution in [0.2, 0.25) is 0 Å². The van der Waals surface area contributed by atoms with E-state index in [-0.39, 0.29) is 5.91 Å². The summed E-state index contributed by atoms with van der Waals surface area (Å²) in [5.41, 5.74) is 3.76. The molecular formula is C21H29N5O. The second-order valence-corrected chi connectivity index (χ2v) is 8.21. The molecule has 2 aromatic rings. The molecule has 0 unspecified atom stereocenters. The zero-order chi connectivity index (χ0) is 19.0. The minimum atomic E-state index is 0.0731. The molecule has 0 aromatic carbocycles. The number of H-pyrrole nitrogens is 1. The number of aromatic nitrogens is 3. The summed E-state index contributed by atoms with van der Waals surface area (Å²) in [7, 11) is 1.99. The molecule has 2 aromatic heterocycles. The van der Waals surface area contributed by atoms with Gasteiger partial charge in [0.25, 0.3) is 5.91 Å². The van der Waals surface area contributed by atoms with Crippen LogP contribution >= 0.6 is 0 Å². The van der Waals surface area contributed by atoms with Crippen molar-refractivity contribution in [3.63, 3.8) is 0 Å². The van der Waals surface area contributed by atoms with Gasteiger partial charge in [0.15, 0.2) is 0 Å². The second kappa shape index (κ2) is 7.35. The van der Waals surface area contributed by atoms with E-state index in [9.17, 15) is 4.79 Å². The Balaban J connectivity index is 1.49. The lowest BCUT2D eigenvalue weighted by Crippen LogP contribution is -2.44. The first-order valence-electron chi connectivity index (χ1n) is 9.85. The van der Waals surface area contributed by atoms with Crippen LogP contribution in [0.5, 0.6) is 0 Å². The Morgan fingerprint density at radius 3 is 2.89 bits per heavy atom. The summed E-state index contributed by atoms with van der Waals surface area (Å²) >= 11 is 0. The molecule has 27 heavy (non-hydrogen) atoms. The van der Waals surface area contributed by atoms with Crippen molar-refractivity contribution in [2.45, 2.75) is 32.7 Å². The molecule has 3 fully saturated rings. The highest BCUT2D eigenvalue weighted by Gasteiger charge is 2.36. The van der Waals surface area contributed by atoms with Gasteiger partial charge in [0.05, 0.1) is 5.69 Å². The zero-order valence-corrected chi connectivity index (χ0v) is 16.5. The van der Waals surface area contributed by atoms with Crippen LogP contribution in [0.1, 0.15) is 37.2 Å². The number of nitrogens with zero attached hydrogens (tertiary/aromatic N) is 4. The summed E-state index contributed by atoms with van der Waals surface area (Å²) in [6.07, 6.45) is 6.69. The molecule has 3 saturated heterocycles. The van der Waals surface area contributed by atoms with E-state index >= 15 is 0 Å². The van der Waals surface area contributed by atoms with E-state index in [0.717, 1.165) is 37.6 Å². The Labute approximate surface area is 160 Å². The van der Waals surface area contributed by atoms with Crippen molar-refractivity contribution in [1.29, 1.82) is 0 Å². The van der Waals surface area contributed by atoms with Gasteiger partial charge in [-0.1, -0.05) is 11.6 Å². The van der Waals surface area contributed by atoms with Gasteiger partial charge in [-0.3, -0.25) is 14.8 Å². The van der Waals surface area contributed by atoms with Crippen molar-refractivity contribution in [2.75, 3.05) is 26.2 Å². The number of nitrogens with one attached hydrogen (secondary N) is 1. The molecule has 2 atom stereocenters. The smallest absolute Gasteiger partial charge is 0.271 e. The topological polar surface area (TPSA) is 57.2 Å². The number of aromatic amines is 1. The minimum absolute atomic E-state index is 0.0731. The molecule has 6 nitrogen and oxygen atoms in total. The van der Waals surface area contributed by atoms with Gasteiger partial charge < -0.3 is 9.47 Å². The first-order valence-corrected chi connectivity index (χ1v) is 9.85. The van der Waals surface area contributed by atoms with Crippen molar-refractivity contribution < 1.29 is 4.79 Å². The van der Waals surface area contributed by atoms with Crippen LogP contribution in [0.4, 0.5) is 0 Å². The maximum Gasteiger partial charge on any atom is 0.271 e. The fraction of sp³-hybridized carbons (Fsp3) is 0.524. The van der Waals surface area contributed by atoms with E-state index in [4.69, 9.17) is 0 Å². The number of fused-ring (bicyclic) bond motifs is 4. The molecule has 1 amide bonds. The largest absolute Gasteiger partial charge is 0.349 e. The number of allylic oxidation sites excluding steroid dienone is 1. The van der Waals surface area contributed by atoms with Crippen molar-refractivity contribution in [3.05, 3.63) is 41.7 Å². The molecule has 5 rings (SSSR count). The first-order chi connectivity index (χ1) is 13.0. The molecule has 0 spiro atoms. The Bertz CT molecular complexity index is 844. The molecule has 1 N–H and O–H groups in total. The Morgan fingerprint density at radius 1 is 1.30 bits per heavy atom. The van der Waals surface area contributed by atoms with Gasteiger partial charge >= 0.3 is 0 Å².